The molecule has 0 spiro atoms. The molecule has 18 heavy (non-hydrogen) atoms. The summed E-state index contributed by atoms with van der Waals surface area (Å²) >= 11 is 0. The van der Waals surface area contributed by atoms with Crippen LogP contribution in [-0.4, -0.2) is 29.6 Å². The van der Waals surface area contributed by atoms with E-state index in [4.69, 9.17) is 4.74 Å². The molecule has 0 bridgehead atoms. The summed E-state index contributed by atoms with van der Waals surface area (Å²) in [5, 5.41) is 0. The topological polar surface area (TPSA) is 37.9 Å². The first-order valence-corrected chi connectivity index (χ1v) is 6.61. The van der Waals surface area contributed by atoms with Gasteiger partial charge in [0.2, 0.25) is 0 Å². The van der Waals surface area contributed by atoms with Crippen LogP contribution in [0.4, 0.5) is 8.78 Å². The number of halogens is 2. The van der Waals surface area contributed by atoms with Crippen LogP contribution in [-0.2, 0) is 24.0 Å². The molecule has 0 saturated heterocycles. The molecule has 1 aromatic rings. The Kier molecular flexibility index (Phi) is 4.69. The first kappa shape index (κ1) is 13.5. The molecule has 1 aromatic heterocycles. The van der Waals surface area contributed by atoms with Crippen LogP contribution in [0, 0.1) is 5.92 Å². The molecule has 1 heterocycles. The average Bonchev–Trinajstić information content (AvgIpc) is 2.75. The van der Waals surface area contributed by atoms with Gasteiger partial charge < -0.3 is 9.72 Å². The van der Waals surface area contributed by atoms with Gasteiger partial charge in [-0.25, -0.2) is 13.8 Å². The van der Waals surface area contributed by atoms with E-state index in [-0.39, 0.29) is 0 Å². The molecule has 2 rings (SSSR count). The lowest BCUT2D eigenvalue weighted by Crippen LogP contribution is -2.12. The van der Waals surface area contributed by atoms with E-state index < -0.39 is 13.0 Å². The van der Waals surface area contributed by atoms with Gasteiger partial charge in [0, 0.05) is 12.1 Å². The summed E-state index contributed by atoms with van der Waals surface area (Å²) in [6, 6.07) is 0. The van der Waals surface area contributed by atoms with Crippen molar-refractivity contribution < 1.29 is 13.5 Å². The number of hydrogen-bond acceptors (Lipinski definition) is 2. The Balaban J connectivity index is 1.82. The number of imidazole rings is 1. The normalized spacial score (nSPS) is 19.2. The number of aryl methyl sites for hydroxylation is 1. The summed E-state index contributed by atoms with van der Waals surface area (Å²) in [7, 11) is 0. The summed E-state index contributed by atoms with van der Waals surface area (Å²) in [4.78, 5) is 7.82. The molecule has 0 aliphatic heterocycles. The smallest absolute Gasteiger partial charge is 0.261 e. The lowest BCUT2D eigenvalue weighted by Gasteiger charge is -2.19. The first-order valence-electron chi connectivity index (χ1n) is 6.61. The van der Waals surface area contributed by atoms with Crippen molar-refractivity contribution in [2.24, 2.45) is 5.92 Å². The molecule has 1 aliphatic carbocycles. The van der Waals surface area contributed by atoms with Crippen LogP contribution < -0.4 is 0 Å². The zero-order valence-electron chi connectivity index (χ0n) is 10.7. The molecule has 3 nitrogen and oxygen atoms in total. The van der Waals surface area contributed by atoms with Crippen LogP contribution in [0.2, 0.25) is 0 Å². The van der Waals surface area contributed by atoms with Crippen molar-refractivity contribution in [1.29, 1.82) is 0 Å². The maximum absolute atomic E-state index is 11.9. The second kappa shape index (κ2) is 6.27. The van der Waals surface area contributed by atoms with E-state index in [9.17, 15) is 8.78 Å². The standard InChI is InChI=1S/C13H20F2N2O/c1-2-9-3-4-10-11(7-9)17-13(16-10)5-6-18-8-12(14)15/h9,12H,2-8H2,1H3,(H,16,17). The minimum atomic E-state index is -2.39. The molecule has 0 saturated carbocycles. The van der Waals surface area contributed by atoms with Gasteiger partial charge in [-0.15, -0.1) is 0 Å². The van der Waals surface area contributed by atoms with Crippen molar-refractivity contribution >= 4 is 0 Å². The van der Waals surface area contributed by atoms with Crippen molar-refractivity contribution in [3.8, 4) is 0 Å². The molecule has 102 valence electrons. The predicted octanol–water partition coefficient (Wildman–Crippen LogP) is 2.75. The van der Waals surface area contributed by atoms with E-state index in [1.807, 2.05) is 0 Å². The first-order chi connectivity index (χ1) is 8.69. The Morgan fingerprint density at radius 2 is 2.33 bits per heavy atom. The third-order valence-electron chi connectivity index (χ3n) is 3.50. The summed E-state index contributed by atoms with van der Waals surface area (Å²) in [6.07, 6.45) is 2.69. The lowest BCUT2D eigenvalue weighted by molar-refractivity contribution is 0.0183. The van der Waals surface area contributed by atoms with Crippen LogP contribution in [0.15, 0.2) is 0 Å². The van der Waals surface area contributed by atoms with Gasteiger partial charge in [0.25, 0.3) is 6.43 Å². The fourth-order valence-corrected chi connectivity index (χ4v) is 2.42. The third-order valence-corrected chi connectivity index (χ3v) is 3.50. The molecule has 1 unspecified atom stereocenters. The van der Waals surface area contributed by atoms with Crippen LogP contribution >= 0.6 is 0 Å². The van der Waals surface area contributed by atoms with Gasteiger partial charge in [-0.3, -0.25) is 0 Å². The highest BCUT2D eigenvalue weighted by Crippen LogP contribution is 2.25. The summed E-state index contributed by atoms with van der Waals surface area (Å²) in [5.41, 5.74) is 2.39. The number of aromatic amines is 1. The molecular weight excluding hydrogens is 238 g/mol. The molecule has 0 fully saturated rings. The Hall–Kier alpha value is -0.970. The highest BCUT2D eigenvalue weighted by molar-refractivity contribution is 5.18. The monoisotopic (exact) mass is 258 g/mol. The number of ether oxygens (including phenoxy) is 1. The Bertz CT molecular complexity index is 379. The summed E-state index contributed by atoms with van der Waals surface area (Å²) in [6.45, 7) is 2.03. The van der Waals surface area contributed by atoms with E-state index in [2.05, 4.69) is 16.9 Å². The zero-order chi connectivity index (χ0) is 13.0. The van der Waals surface area contributed by atoms with Gasteiger partial charge in [0.05, 0.1) is 12.3 Å². The number of aromatic nitrogens is 2. The van der Waals surface area contributed by atoms with Crippen LogP contribution in [0.5, 0.6) is 0 Å². The number of hydrogen-bond donors (Lipinski definition) is 1. The zero-order valence-corrected chi connectivity index (χ0v) is 10.7. The highest BCUT2D eigenvalue weighted by atomic mass is 19.3. The van der Waals surface area contributed by atoms with Gasteiger partial charge in [-0.2, -0.15) is 0 Å². The molecule has 1 atom stereocenters. The number of nitrogens with zero attached hydrogens (tertiary/aromatic N) is 1. The highest BCUT2D eigenvalue weighted by Gasteiger charge is 2.20. The third kappa shape index (κ3) is 3.51. The van der Waals surface area contributed by atoms with E-state index in [1.165, 1.54) is 18.5 Å². The van der Waals surface area contributed by atoms with Gasteiger partial charge in [-0.1, -0.05) is 13.3 Å². The maximum atomic E-state index is 11.9. The Morgan fingerprint density at radius 1 is 1.50 bits per heavy atom. The van der Waals surface area contributed by atoms with Crippen LogP contribution in [0.1, 0.15) is 37.0 Å². The number of rotatable bonds is 6. The van der Waals surface area contributed by atoms with Crippen molar-refractivity contribution in [3.63, 3.8) is 0 Å². The van der Waals surface area contributed by atoms with Crippen LogP contribution in [0.3, 0.4) is 0 Å². The number of alkyl halides is 2. The van der Waals surface area contributed by atoms with Gasteiger partial charge in [0.1, 0.15) is 12.4 Å². The van der Waals surface area contributed by atoms with E-state index in [0.717, 1.165) is 30.3 Å². The number of H-pyrrole nitrogens is 1. The molecule has 5 heteroatoms. The summed E-state index contributed by atoms with van der Waals surface area (Å²) < 4.78 is 28.6. The molecule has 0 radical (unpaired) electrons. The summed E-state index contributed by atoms with van der Waals surface area (Å²) in [5.74, 6) is 1.62. The SMILES string of the molecule is CCC1CCc2nc(CCOCC(F)F)[nH]c2C1. The Labute approximate surface area is 106 Å². The predicted molar refractivity (Wildman–Crippen MR) is 64.9 cm³/mol. The van der Waals surface area contributed by atoms with Crippen molar-refractivity contribution in [3.05, 3.63) is 17.2 Å². The molecule has 0 amide bonds. The van der Waals surface area contributed by atoms with E-state index >= 15 is 0 Å². The van der Waals surface area contributed by atoms with Gasteiger partial charge >= 0.3 is 0 Å². The van der Waals surface area contributed by atoms with Crippen molar-refractivity contribution in [2.75, 3.05) is 13.2 Å². The van der Waals surface area contributed by atoms with Crippen molar-refractivity contribution in [1.82, 2.24) is 9.97 Å². The molecule has 1 N–H and O–H groups in total. The average molecular weight is 258 g/mol. The van der Waals surface area contributed by atoms with Gasteiger partial charge in [0.15, 0.2) is 0 Å². The van der Waals surface area contributed by atoms with Crippen molar-refractivity contribution in [2.45, 2.75) is 45.5 Å². The number of fused-ring (bicyclic) bond motifs is 1. The van der Waals surface area contributed by atoms with Crippen LogP contribution in [0.25, 0.3) is 0 Å². The maximum Gasteiger partial charge on any atom is 0.261 e. The minimum absolute atomic E-state index is 0.300. The molecule has 0 aromatic carbocycles. The minimum Gasteiger partial charge on any atom is -0.375 e. The number of nitrogens with one attached hydrogen (secondary N) is 1. The fraction of sp³-hybridized carbons (Fsp3) is 0.769. The quantitative estimate of drug-likeness (QED) is 0.797. The van der Waals surface area contributed by atoms with E-state index in [0.29, 0.717) is 13.0 Å². The molecule has 1 aliphatic rings. The second-order valence-corrected chi connectivity index (χ2v) is 4.84. The largest absolute Gasteiger partial charge is 0.375 e. The van der Waals surface area contributed by atoms with Gasteiger partial charge in [-0.05, 0) is 25.2 Å². The second-order valence-electron chi connectivity index (χ2n) is 4.84. The fourth-order valence-electron chi connectivity index (χ4n) is 2.42. The Morgan fingerprint density at radius 3 is 3.06 bits per heavy atom. The lowest BCUT2D eigenvalue weighted by atomic mass is 9.88. The van der Waals surface area contributed by atoms with E-state index in [1.54, 1.807) is 0 Å². The molecular formula is C13H20F2N2O.